The summed E-state index contributed by atoms with van der Waals surface area (Å²) >= 11 is 0. The lowest BCUT2D eigenvalue weighted by Crippen LogP contribution is -2.43. The molecule has 0 aliphatic heterocycles. The molecular weight excluding hydrogens is 324 g/mol. The van der Waals surface area contributed by atoms with Crippen LogP contribution in [0.1, 0.15) is 44.5 Å². The number of rotatable bonds is 6. The van der Waals surface area contributed by atoms with Crippen molar-refractivity contribution >= 4 is 5.91 Å². The first kappa shape index (κ1) is 17.6. The van der Waals surface area contributed by atoms with E-state index in [-0.39, 0.29) is 17.9 Å². The van der Waals surface area contributed by atoms with Gasteiger partial charge in [0.1, 0.15) is 5.82 Å². The molecule has 3 rings (SSSR count). The number of carbonyl (C=O) groups excluding carboxylic acids is 1. The molecule has 134 valence electrons. The Labute approximate surface area is 146 Å². The van der Waals surface area contributed by atoms with Gasteiger partial charge in [-0.2, -0.15) is 0 Å². The highest BCUT2D eigenvalue weighted by molar-refractivity contribution is 5.79. The molecular formula is C19H23F2N3O. The van der Waals surface area contributed by atoms with Crippen LogP contribution in [0.25, 0.3) is 0 Å². The van der Waals surface area contributed by atoms with Crippen LogP contribution in [0.4, 0.5) is 8.78 Å². The molecule has 0 radical (unpaired) electrons. The van der Waals surface area contributed by atoms with Crippen molar-refractivity contribution in [1.29, 1.82) is 0 Å². The zero-order valence-electron chi connectivity index (χ0n) is 14.6. The van der Waals surface area contributed by atoms with E-state index in [4.69, 9.17) is 0 Å². The molecule has 1 heterocycles. The van der Waals surface area contributed by atoms with E-state index >= 15 is 0 Å². The van der Waals surface area contributed by atoms with Gasteiger partial charge in [-0.25, -0.2) is 13.8 Å². The lowest BCUT2D eigenvalue weighted by atomic mass is 9.84. The molecule has 0 unspecified atom stereocenters. The molecule has 2 aromatic rings. The van der Waals surface area contributed by atoms with Gasteiger partial charge >= 0.3 is 0 Å². The Bertz CT molecular complexity index is 753. The molecule has 0 N–H and O–H groups in total. The van der Waals surface area contributed by atoms with E-state index in [1.165, 1.54) is 6.07 Å². The number of aromatic nitrogens is 2. The lowest BCUT2D eigenvalue weighted by molar-refractivity contribution is -0.140. The zero-order valence-corrected chi connectivity index (χ0v) is 14.6. The maximum Gasteiger partial charge on any atom is 0.226 e. The highest BCUT2D eigenvalue weighted by Gasteiger charge is 2.31. The summed E-state index contributed by atoms with van der Waals surface area (Å²) in [7, 11) is 0. The quantitative estimate of drug-likeness (QED) is 0.798. The Morgan fingerprint density at radius 1 is 1.32 bits per heavy atom. The third-order valence-electron chi connectivity index (χ3n) is 4.81. The van der Waals surface area contributed by atoms with E-state index in [9.17, 15) is 13.6 Å². The second-order valence-electron chi connectivity index (χ2n) is 6.91. The highest BCUT2D eigenvalue weighted by Crippen LogP contribution is 2.29. The smallest absolute Gasteiger partial charge is 0.226 e. The number of nitrogens with zero attached hydrogens (tertiary/aromatic N) is 3. The SMILES string of the molecule is CC(C)N(Cc1nccn1Cc1ccc(F)c(F)c1)C(=O)C1CCC1. The van der Waals surface area contributed by atoms with Gasteiger partial charge < -0.3 is 9.47 Å². The molecule has 6 heteroatoms. The summed E-state index contributed by atoms with van der Waals surface area (Å²) in [5, 5.41) is 0. The van der Waals surface area contributed by atoms with Crippen molar-refractivity contribution in [1.82, 2.24) is 14.5 Å². The summed E-state index contributed by atoms with van der Waals surface area (Å²) < 4.78 is 28.4. The van der Waals surface area contributed by atoms with Crippen LogP contribution in [0.2, 0.25) is 0 Å². The molecule has 1 aliphatic rings. The Morgan fingerprint density at radius 3 is 2.68 bits per heavy atom. The Morgan fingerprint density at radius 2 is 2.08 bits per heavy atom. The summed E-state index contributed by atoms with van der Waals surface area (Å²) in [5.41, 5.74) is 0.652. The third kappa shape index (κ3) is 3.89. The van der Waals surface area contributed by atoms with Crippen molar-refractivity contribution in [2.24, 2.45) is 5.92 Å². The number of amides is 1. The minimum atomic E-state index is -0.858. The fraction of sp³-hybridized carbons (Fsp3) is 0.474. The van der Waals surface area contributed by atoms with Crippen LogP contribution >= 0.6 is 0 Å². The Hall–Kier alpha value is -2.24. The van der Waals surface area contributed by atoms with Gasteiger partial charge in [0.05, 0.1) is 6.54 Å². The average Bonchev–Trinajstić information content (AvgIpc) is 2.93. The normalized spacial score (nSPS) is 14.6. The molecule has 25 heavy (non-hydrogen) atoms. The predicted molar refractivity (Wildman–Crippen MR) is 90.7 cm³/mol. The molecule has 1 saturated carbocycles. The van der Waals surface area contributed by atoms with E-state index in [0.717, 1.165) is 31.2 Å². The van der Waals surface area contributed by atoms with Gasteiger partial charge in [-0.05, 0) is 44.4 Å². The first-order valence-corrected chi connectivity index (χ1v) is 8.70. The summed E-state index contributed by atoms with van der Waals surface area (Å²) in [4.78, 5) is 18.9. The van der Waals surface area contributed by atoms with Gasteiger partial charge in [0, 0.05) is 30.9 Å². The Kier molecular flexibility index (Phi) is 5.16. The van der Waals surface area contributed by atoms with Crippen molar-refractivity contribution in [3.8, 4) is 0 Å². The fourth-order valence-electron chi connectivity index (χ4n) is 3.03. The number of hydrogen-bond acceptors (Lipinski definition) is 2. The molecule has 1 aliphatic carbocycles. The van der Waals surface area contributed by atoms with E-state index in [1.54, 1.807) is 18.5 Å². The number of hydrogen-bond donors (Lipinski definition) is 0. The van der Waals surface area contributed by atoms with Crippen molar-refractivity contribution in [3.63, 3.8) is 0 Å². The lowest BCUT2D eigenvalue weighted by Gasteiger charge is -2.34. The fourth-order valence-corrected chi connectivity index (χ4v) is 3.03. The number of carbonyl (C=O) groups is 1. The van der Waals surface area contributed by atoms with Crippen LogP contribution in [0, 0.1) is 17.6 Å². The predicted octanol–water partition coefficient (Wildman–Crippen LogP) is 3.75. The minimum Gasteiger partial charge on any atom is -0.333 e. The van der Waals surface area contributed by atoms with Gasteiger partial charge in [0.15, 0.2) is 11.6 Å². The summed E-state index contributed by atoms with van der Waals surface area (Å²) in [6.45, 7) is 4.80. The molecule has 1 amide bonds. The number of imidazole rings is 1. The van der Waals surface area contributed by atoms with Crippen LogP contribution in [0.15, 0.2) is 30.6 Å². The molecule has 0 spiro atoms. The summed E-state index contributed by atoms with van der Waals surface area (Å²) in [5.74, 6) is -0.651. The molecule has 1 aromatic carbocycles. The van der Waals surface area contributed by atoms with Crippen molar-refractivity contribution in [3.05, 3.63) is 53.6 Å². The van der Waals surface area contributed by atoms with Crippen molar-refractivity contribution in [2.75, 3.05) is 0 Å². The highest BCUT2D eigenvalue weighted by atomic mass is 19.2. The average molecular weight is 347 g/mol. The van der Waals surface area contributed by atoms with Crippen LogP contribution in [-0.2, 0) is 17.9 Å². The molecule has 1 fully saturated rings. The molecule has 0 atom stereocenters. The second kappa shape index (κ2) is 7.33. The van der Waals surface area contributed by atoms with Gasteiger partial charge in [-0.15, -0.1) is 0 Å². The van der Waals surface area contributed by atoms with Crippen LogP contribution in [0.3, 0.4) is 0 Å². The Balaban J connectivity index is 1.75. The van der Waals surface area contributed by atoms with E-state index in [2.05, 4.69) is 4.98 Å². The molecule has 1 aromatic heterocycles. The van der Waals surface area contributed by atoms with Crippen LogP contribution < -0.4 is 0 Å². The van der Waals surface area contributed by atoms with Crippen molar-refractivity contribution in [2.45, 2.75) is 52.2 Å². The first-order valence-electron chi connectivity index (χ1n) is 8.70. The topological polar surface area (TPSA) is 38.1 Å². The van der Waals surface area contributed by atoms with Crippen molar-refractivity contribution < 1.29 is 13.6 Å². The van der Waals surface area contributed by atoms with Gasteiger partial charge in [0.2, 0.25) is 5.91 Å². The van der Waals surface area contributed by atoms with Gasteiger partial charge in [0.25, 0.3) is 0 Å². The molecule has 0 bridgehead atoms. The maximum atomic E-state index is 13.4. The number of benzene rings is 1. The first-order chi connectivity index (χ1) is 12.0. The standard InChI is InChI=1S/C19H23F2N3O/c1-13(2)24(19(25)15-4-3-5-15)12-18-22-8-9-23(18)11-14-6-7-16(20)17(21)10-14/h6-10,13,15H,3-5,11-12H2,1-2H3. The number of halogens is 2. The second-order valence-corrected chi connectivity index (χ2v) is 6.91. The van der Waals surface area contributed by atoms with E-state index in [0.29, 0.717) is 18.7 Å². The third-order valence-corrected chi connectivity index (χ3v) is 4.81. The van der Waals surface area contributed by atoms with Crippen LogP contribution in [-0.4, -0.2) is 26.4 Å². The van der Waals surface area contributed by atoms with E-state index in [1.807, 2.05) is 23.3 Å². The maximum absolute atomic E-state index is 13.4. The summed E-state index contributed by atoms with van der Waals surface area (Å²) in [6, 6.07) is 3.96. The van der Waals surface area contributed by atoms with Gasteiger partial charge in [-0.1, -0.05) is 12.5 Å². The monoisotopic (exact) mass is 347 g/mol. The van der Waals surface area contributed by atoms with Crippen LogP contribution in [0.5, 0.6) is 0 Å². The summed E-state index contributed by atoms with van der Waals surface area (Å²) in [6.07, 6.45) is 6.51. The molecule has 0 saturated heterocycles. The molecule has 4 nitrogen and oxygen atoms in total. The largest absolute Gasteiger partial charge is 0.333 e. The minimum absolute atomic E-state index is 0.0847. The van der Waals surface area contributed by atoms with Gasteiger partial charge in [-0.3, -0.25) is 4.79 Å². The van der Waals surface area contributed by atoms with E-state index < -0.39 is 11.6 Å². The zero-order chi connectivity index (χ0) is 18.0.